The van der Waals surface area contributed by atoms with Gasteiger partial charge in [-0.2, -0.15) is 5.10 Å². The van der Waals surface area contributed by atoms with Crippen LogP contribution in [0.2, 0.25) is 0 Å². The highest BCUT2D eigenvalue weighted by Gasteiger charge is 2.21. The Morgan fingerprint density at radius 3 is 2.14 bits per heavy atom. The van der Waals surface area contributed by atoms with Crippen molar-refractivity contribution >= 4 is 27.3 Å². The molecule has 0 fully saturated rings. The van der Waals surface area contributed by atoms with Crippen LogP contribution >= 0.6 is 0 Å². The van der Waals surface area contributed by atoms with Crippen LogP contribution in [0, 0.1) is 0 Å². The van der Waals surface area contributed by atoms with Gasteiger partial charge < -0.3 is 14.2 Å². The molecule has 0 saturated carbocycles. The van der Waals surface area contributed by atoms with Crippen LogP contribution < -0.4 is 23.9 Å². The number of methoxy groups -OCH3 is 2. The number of rotatable bonds is 10. The molecule has 0 saturated heterocycles. The van der Waals surface area contributed by atoms with Gasteiger partial charge in [-0.25, -0.2) is 13.8 Å². The Morgan fingerprint density at radius 2 is 1.54 bits per heavy atom. The fourth-order valence-corrected chi connectivity index (χ4v) is 4.00. The Morgan fingerprint density at radius 1 is 0.914 bits per heavy atom. The molecule has 184 valence electrons. The van der Waals surface area contributed by atoms with E-state index in [4.69, 9.17) is 14.2 Å². The molecule has 0 aliphatic carbocycles. The number of hydrogen-bond donors (Lipinski definition) is 1. The molecule has 9 nitrogen and oxygen atoms in total. The molecule has 10 heteroatoms. The number of benzene rings is 3. The van der Waals surface area contributed by atoms with Crippen molar-refractivity contribution in [3.8, 4) is 23.0 Å². The Kier molecular flexibility index (Phi) is 8.32. The molecule has 1 amide bonds. The number of sulfonamides is 1. The third-order valence-electron chi connectivity index (χ3n) is 4.94. The van der Waals surface area contributed by atoms with Crippen molar-refractivity contribution < 1.29 is 27.4 Å². The molecule has 3 rings (SSSR count). The molecule has 0 spiro atoms. The zero-order chi connectivity index (χ0) is 25.4. The molecule has 1 N–H and O–H groups in total. The number of para-hydroxylation sites is 1. The predicted octanol–water partition coefficient (Wildman–Crippen LogP) is 3.80. The van der Waals surface area contributed by atoms with Crippen LogP contribution in [-0.2, 0) is 14.8 Å². The summed E-state index contributed by atoms with van der Waals surface area (Å²) in [6.07, 6.45) is 1.03. The molecule has 0 aliphatic heterocycles. The fourth-order valence-electron chi connectivity index (χ4n) is 3.14. The van der Waals surface area contributed by atoms with Gasteiger partial charge in [-0.15, -0.1) is 0 Å². The summed E-state index contributed by atoms with van der Waals surface area (Å²) >= 11 is 0. The van der Waals surface area contributed by atoms with Crippen molar-refractivity contribution in [3.63, 3.8) is 0 Å². The molecular weight excluding hydrogens is 470 g/mol. The molecule has 0 unspecified atom stereocenters. The second-order valence-corrected chi connectivity index (χ2v) is 9.39. The average molecular weight is 498 g/mol. The number of hydrogen-bond acceptors (Lipinski definition) is 7. The van der Waals surface area contributed by atoms with E-state index in [1.807, 2.05) is 30.3 Å². The number of anilines is 1. The van der Waals surface area contributed by atoms with E-state index < -0.39 is 22.5 Å². The summed E-state index contributed by atoms with van der Waals surface area (Å²) in [5, 5.41) is 4.09. The van der Waals surface area contributed by atoms with E-state index in [0.717, 1.165) is 10.6 Å². The van der Waals surface area contributed by atoms with E-state index in [-0.39, 0.29) is 0 Å². The summed E-state index contributed by atoms with van der Waals surface area (Å²) in [4.78, 5) is 12.5. The second-order valence-electron chi connectivity index (χ2n) is 7.48. The predicted molar refractivity (Wildman–Crippen MR) is 135 cm³/mol. The van der Waals surface area contributed by atoms with Gasteiger partial charge in [0.05, 0.1) is 31.9 Å². The van der Waals surface area contributed by atoms with Crippen LogP contribution in [0.3, 0.4) is 0 Å². The SMILES string of the molecule is COc1ccc(C(C)=NNC(=O)CN(c2ccc(Oc3ccccc3)cc2)S(C)(=O)=O)cc1OC. The summed E-state index contributed by atoms with van der Waals surface area (Å²) in [6.45, 7) is 1.27. The smallest absolute Gasteiger partial charge is 0.260 e. The van der Waals surface area contributed by atoms with Crippen LogP contribution in [0.4, 0.5) is 5.69 Å². The zero-order valence-electron chi connectivity index (χ0n) is 19.9. The molecule has 3 aromatic rings. The molecular formula is C25H27N3O6S. The largest absolute Gasteiger partial charge is 0.493 e. The zero-order valence-corrected chi connectivity index (χ0v) is 20.7. The Labute approximate surface area is 205 Å². The lowest BCUT2D eigenvalue weighted by Crippen LogP contribution is -2.39. The molecule has 0 atom stereocenters. The van der Waals surface area contributed by atoms with E-state index in [1.165, 1.54) is 14.2 Å². The van der Waals surface area contributed by atoms with E-state index in [2.05, 4.69) is 10.5 Å². The lowest BCUT2D eigenvalue weighted by Gasteiger charge is -2.21. The molecule has 0 radical (unpaired) electrons. The number of carbonyl (C=O) groups is 1. The second kappa shape index (κ2) is 11.4. The molecule has 0 aliphatic rings. The Balaban J connectivity index is 1.70. The first-order valence-electron chi connectivity index (χ1n) is 10.6. The van der Waals surface area contributed by atoms with Gasteiger partial charge >= 0.3 is 0 Å². The van der Waals surface area contributed by atoms with Gasteiger partial charge in [0.25, 0.3) is 5.91 Å². The van der Waals surface area contributed by atoms with Gasteiger partial charge in [-0.05, 0) is 61.5 Å². The number of hydrazone groups is 1. The van der Waals surface area contributed by atoms with E-state index in [0.29, 0.717) is 40.0 Å². The number of amides is 1. The van der Waals surface area contributed by atoms with Gasteiger partial charge in [0.1, 0.15) is 18.0 Å². The Hall–Kier alpha value is -4.05. The van der Waals surface area contributed by atoms with E-state index >= 15 is 0 Å². The number of carbonyl (C=O) groups excluding carboxylic acids is 1. The molecule has 0 aromatic heterocycles. The minimum atomic E-state index is -3.74. The topological polar surface area (TPSA) is 107 Å². The summed E-state index contributed by atoms with van der Waals surface area (Å²) in [5.74, 6) is 1.68. The highest BCUT2D eigenvalue weighted by atomic mass is 32.2. The van der Waals surface area contributed by atoms with Crippen molar-refractivity contribution in [1.29, 1.82) is 0 Å². The monoisotopic (exact) mass is 497 g/mol. The van der Waals surface area contributed by atoms with Crippen molar-refractivity contribution in [1.82, 2.24) is 5.43 Å². The molecule has 0 bridgehead atoms. The van der Waals surface area contributed by atoms with Crippen LogP contribution in [0.25, 0.3) is 0 Å². The minimum absolute atomic E-state index is 0.323. The van der Waals surface area contributed by atoms with Gasteiger partial charge in [-0.1, -0.05) is 18.2 Å². The van der Waals surface area contributed by atoms with Gasteiger partial charge in [-0.3, -0.25) is 9.10 Å². The highest BCUT2D eigenvalue weighted by molar-refractivity contribution is 7.92. The minimum Gasteiger partial charge on any atom is -0.493 e. The normalized spacial score (nSPS) is 11.5. The quantitative estimate of drug-likeness (QED) is 0.337. The fraction of sp³-hybridized carbons (Fsp3) is 0.200. The summed E-state index contributed by atoms with van der Waals surface area (Å²) < 4.78 is 42.0. The lowest BCUT2D eigenvalue weighted by molar-refractivity contribution is -0.119. The first kappa shape index (κ1) is 25.6. The van der Waals surface area contributed by atoms with Crippen LogP contribution in [-0.4, -0.2) is 47.1 Å². The first-order chi connectivity index (χ1) is 16.7. The third-order valence-corrected chi connectivity index (χ3v) is 6.08. The van der Waals surface area contributed by atoms with Crippen molar-refractivity contribution in [2.24, 2.45) is 5.10 Å². The summed E-state index contributed by atoms with van der Waals surface area (Å²) in [6, 6.07) is 20.9. The Bertz CT molecular complexity index is 1290. The standard InChI is InChI=1S/C25H27N3O6S/c1-18(19-10-15-23(32-2)24(16-19)33-3)26-27-25(29)17-28(35(4,30)31)20-11-13-22(14-12-20)34-21-8-6-5-7-9-21/h5-16H,17H2,1-4H3,(H,27,29). The van der Waals surface area contributed by atoms with E-state index in [1.54, 1.807) is 49.4 Å². The summed E-state index contributed by atoms with van der Waals surface area (Å²) in [5.41, 5.74) is 3.94. The highest BCUT2D eigenvalue weighted by Crippen LogP contribution is 2.28. The maximum absolute atomic E-state index is 12.5. The van der Waals surface area contributed by atoms with Crippen LogP contribution in [0.5, 0.6) is 23.0 Å². The van der Waals surface area contributed by atoms with Crippen molar-refractivity contribution in [2.75, 3.05) is 31.3 Å². The summed E-state index contributed by atoms with van der Waals surface area (Å²) in [7, 11) is -0.678. The molecule has 3 aromatic carbocycles. The van der Waals surface area contributed by atoms with Gasteiger partial charge in [0, 0.05) is 5.56 Å². The molecule has 35 heavy (non-hydrogen) atoms. The maximum Gasteiger partial charge on any atom is 0.260 e. The maximum atomic E-state index is 12.5. The number of nitrogens with one attached hydrogen (secondary N) is 1. The number of ether oxygens (including phenoxy) is 3. The first-order valence-corrected chi connectivity index (χ1v) is 12.4. The number of nitrogens with zero attached hydrogens (tertiary/aromatic N) is 2. The van der Waals surface area contributed by atoms with Crippen molar-refractivity contribution in [2.45, 2.75) is 6.92 Å². The molecule has 0 heterocycles. The van der Waals surface area contributed by atoms with Crippen LogP contribution in [0.15, 0.2) is 77.9 Å². The van der Waals surface area contributed by atoms with Gasteiger partial charge in [0.15, 0.2) is 11.5 Å². The third kappa shape index (κ3) is 6.97. The van der Waals surface area contributed by atoms with Crippen LogP contribution in [0.1, 0.15) is 12.5 Å². The van der Waals surface area contributed by atoms with E-state index in [9.17, 15) is 13.2 Å². The average Bonchev–Trinajstić information content (AvgIpc) is 2.86. The van der Waals surface area contributed by atoms with Gasteiger partial charge in [0.2, 0.25) is 10.0 Å². The van der Waals surface area contributed by atoms with Crippen molar-refractivity contribution in [3.05, 3.63) is 78.4 Å². The lowest BCUT2D eigenvalue weighted by atomic mass is 10.1.